The standard InChI is InChI=1S/C22H27N3O3/c1-18(26)23-17-19-7-9-20(10-8-19)22(27)25-13-11-24(12-14-25)15-16-28-21-5-3-2-4-6-21/h2-10H,11-17H2,1H3,(H,23,26). The number of hydrogen-bond donors (Lipinski definition) is 1. The van der Waals surface area contributed by atoms with E-state index < -0.39 is 0 Å². The van der Waals surface area contributed by atoms with E-state index in [0.717, 1.165) is 44.0 Å². The van der Waals surface area contributed by atoms with Crippen molar-refractivity contribution in [3.8, 4) is 5.75 Å². The van der Waals surface area contributed by atoms with E-state index >= 15 is 0 Å². The Morgan fingerprint density at radius 1 is 0.964 bits per heavy atom. The van der Waals surface area contributed by atoms with Crippen LogP contribution >= 0.6 is 0 Å². The first-order chi connectivity index (χ1) is 13.6. The Hall–Kier alpha value is -2.86. The van der Waals surface area contributed by atoms with Gasteiger partial charge in [-0.3, -0.25) is 14.5 Å². The van der Waals surface area contributed by atoms with E-state index in [1.165, 1.54) is 6.92 Å². The number of ether oxygens (including phenoxy) is 1. The summed E-state index contributed by atoms with van der Waals surface area (Å²) in [5, 5.41) is 2.76. The van der Waals surface area contributed by atoms with Gasteiger partial charge < -0.3 is 15.0 Å². The number of nitrogens with zero attached hydrogens (tertiary/aromatic N) is 2. The summed E-state index contributed by atoms with van der Waals surface area (Å²) >= 11 is 0. The van der Waals surface area contributed by atoms with Gasteiger partial charge in [0.2, 0.25) is 5.91 Å². The number of carbonyl (C=O) groups is 2. The molecule has 1 aliphatic rings. The molecule has 1 heterocycles. The Labute approximate surface area is 166 Å². The summed E-state index contributed by atoms with van der Waals surface area (Å²) < 4.78 is 5.75. The summed E-state index contributed by atoms with van der Waals surface area (Å²) in [6, 6.07) is 17.3. The number of amides is 2. The molecule has 3 rings (SSSR count). The lowest BCUT2D eigenvalue weighted by atomic mass is 10.1. The highest BCUT2D eigenvalue weighted by molar-refractivity contribution is 5.94. The van der Waals surface area contributed by atoms with Crippen LogP contribution in [-0.4, -0.2) is 60.9 Å². The second-order valence-corrected chi connectivity index (χ2v) is 6.90. The van der Waals surface area contributed by atoms with Crippen molar-refractivity contribution in [2.24, 2.45) is 0 Å². The Bertz CT molecular complexity index is 769. The maximum absolute atomic E-state index is 12.7. The van der Waals surface area contributed by atoms with Crippen LogP contribution in [0, 0.1) is 0 Å². The second-order valence-electron chi connectivity index (χ2n) is 6.90. The Balaban J connectivity index is 1.41. The molecular weight excluding hydrogens is 354 g/mol. The van der Waals surface area contributed by atoms with Crippen LogP contribution in [0.1, 0.15) is 22.8 Å². The summed E-state index contributed by atoms with van der Waals surface area (Å²) in [7, 11) is 0. The molecule has 2 amide bonds. The number of hydrogen-bond acceptors (Lipinski definition) is 4. The van der Waals surface area contributed by atoms with Gasteiger partial charge in [0.1, 0.15) is 12.4 Å². The molecule has 0 saturated carbocycles. The average Bonchev–Trinajstić information content (AvgIpc) is 2.73. The van der Waals surface area contributed by atoms with E-state index in [2.05, 4.69) is 10.2 Å². The topological polar surface area (TPSA) is 61.9 Å². The van der Waals surface area contributed by atoms with Crippen LogP contribution in [-0.2, 0) is 11.3 Å². The third kappa shape index (κ3) is 5.82. The SMILES string of the molecule is CC(=O)NCc1ccc(C(=O)N2CCN(CCOc3ccccc3)CC2)cc1. The average molecular weight is 381 g/mol. The Morgan fingerprint density at radius 2 is 1.64 bits per heavy atom. The monoisotopic (exact) mass is 381 g/mol. The molecule has 1 N–H and O–H groups in total. The third-order valence-electron chi connectivity index (χ3n) is 4.82. The Morgan fingerprint density at radius 3 is 2.29 bits per heavy atom. The predicted octanol–water partition coefficient (Wildman–Crippen LogP) is 2.16. The summed E-state index contributed by atoms with van der Waals surface area (Å²) in [6.45, 7) is 6.62. The summed E-state index contributed by atoms with van der Waals surface area (Å²) in [4.78, 5) is 27.9. The van der Waals surface area contributed by atoms with E-state index in [0.29, 0.717) is 18.7 Å². The summed E-state index contributed by atoms with van der Waals surface area (Å²) in [6.07, 6.45) is 0. The number of benzene rings is 2. The van der Waals surface area contributed by atoms with Crippen LogP contribution in [0.2, 0.25) is 0 Å². The maximum atomic E-state index is 12.7. The number of para-hydroxylation sites is 1. The molecule has 6 nitrogen and oxygen atoms in total. The minimum absolute atomic E-state index is 0.0614. The molecule has 1 fully saturated rings. The minimum Gasteiger partial charge on any atom is -0.492 e. The molecule has 0 aromatic heterocycles. The number of nitrogens with one attached hydrogen (secondary N) is 1. The van der Waals surface area contributed by atoms with Crippen molar-refractivity contribution < 1.29 is 14.3 Å². The van der Waals surface area contributed by atoms with Crippen molar-refractivity contribution in [2.75, 3.05) is 39.3 Å². The fourth-order valence-electron chi connectivity index (χ4n) is 3.16. The molecule has 2 aromatic carbocycles. The molecule has 6 heteroatoms. The van der Waals surface area contributed by atoms with Crippen molar-refractivity contribution >= 4 is 11.8 Å². The molecule has 0 bridgehead atoms. The largest absolute Gasteiger partial charge is 0.492 e. The first-order valence-electron chi connectivity index (χ1n) is 9.64. The lowest BCUT2D eigenvalue weighted by Gasteiger charge is -2.34. The maximum Gasteiger partial charge on any atom is 0.253 e. The second kappa shape index (κ2) is 9.90. The highest BCUT2D eigenvalue weighted by atomic mass is 16.5. The molecule has 148 valence electrons. The van der Waals surface area contributed by atoms with E-state index in [4.69, 9.17) is 4.74 Å². The van der Waals surface area contributed by atoms with Gasteiger partial charge in [-0.05, 0) is 29.8 Å². The van der Waals surface area contributed by atoms with Crippen LogP contribution in [0.25, 0.3) is 0 Å². The van der Waals surface area contributed by atoms with Gasteiger partial charge in [0.15, 0.2) is 0 Å². The molecule has 1 aliphatic heterocycles. The summed E-state index contributed by atoms with van der Waals surface area (Å²) in [5.41, 5.74) is 1.67. The highest BCUT2D eigenvalue weighted by Gasteiger charge is 2.21. The van der Waals surface area contributed by atoms with E-state index in [1.54, 1.807) is 0 Å². The van der Waals surface area contributed by atoms with Crippen LogP contribution in [0.5, 0.6) is 5.75 Å². The van der Waals surface area contributed by atoms with Crippen molar-refractivity contribution in [3.05, 3.63) is 65.7 Å². The van der Waals surface area contributed by atoms with Crippen LogP contribution in [0.15, 0.2) is 54.6 Å². The van der Waals surface area contributed by atoms with Crippen molar-refractivity contribution in [1.82, 2.24) is 15.1 Å². The zero-order chi connectivity index (χ0) is 19.8. The molecule has 0 spiro atoms. The van der Waals surface area contributed by atoms with Gasteiger partial charge in [-0.15, -0.1) is 0 Å². The number of piperazine rings is 1. The van der Waals surface area contributed by atoms with Gasteiger partial charge in [0.05, 0.1) is 0 Å². The van der Waals surface area contributed by atoms with Crippen LogP contribution in [0.3, 0.4) is 0 Å². The van der Waals surface area contributed by atoms with Crippen LogP contribution in [0.4, 0.5) is 0 Å². The van der Waals surface area contributed by atoms with Crippen molar-refractivity contribution in [1.29, 1.82) is 0 Å². The fourth-order valence-corrected chi connectivity index (χ4v) is 3.16. The van der Waals surface area contributed by atoms with Gasteiger partial charge >= 0.3 is 0 Å². The van der Waals surface area contributed by atoms with Gasteiger partial charge in [-0.25, -0.2) is 0 Å². The van der Waals surface area contributed by atoms with E-state index in [-0.39, 0.29) is 11.8 Å². The number of rotatable bonds is 7. The number of carbonyl (C=O) groups excluding carboxylic acids is 2. The first kappa shape index (κ1) is 19.9. The molecule has 1 saturated heterocycles. The first-order valence-corrected chi connectivity index (χ1v) is 9.64. The zero-order valence-electron chi connectivity index (χ0n) is 16.3. The van der Waals surface area contributed by atoms with E-state index in [9.17, 15) is 9.59 Å². The fraction of sp³-hybridized carbons (Fsp3) is 0.364. The molecule has 2 aromatic rings. The zero-order valence-corrected chi connectivity index (χ0v) is 16.3. The smallest absolute Gasteiger partial charge is 0.253 e. The van der Waals surface area contributed by atoms with Gasteiger partial charge in [0.25, 0.3) is 5.91 Å². The van der Waals surface area contributed by atoms with Crippen molar-refractivity contribution in [3.63, 3.8) is 0 Å². The summed E-state index contributed by atoms with van der Waals surface area (Å²) in [5.74, 6) is 0.886. The molecule has 28 heavy (non-hydrogen) atoms. The Kier molecular flexibility index (Phi) is 7.03. The van der Waals surface area contributed by atoms with Gasteiger partial charge in [-0.2, -0.15) is 0 Å². The lowest BCUT2D eigenvalue weighted by molar-refractivity contribution is -0.119. The normalized spacial score (nSPS) is 14.5. The minimum atomic E-state index is -0.0628. The van der Waals surface area contributed by atoms with Crippen LogP contribution < -0.4 is 10.1 Å². The molecule has 0 radical (unpaired) electrons. The highest BCUT2D eigenvalue weighted by Crippen LogP contribution is 2.12. The molecular formula is C22H27N3O3. The molecule has 0 unspecified atom stereocenters. The molecule has 0 aliphatic carbocycles. The van der Waals surface area contributed by atoms with Gasteiger partial charge in [0, 0.05) is 51.8 Å². The van der Waals surface area contributed by atoms with Crippen molar-refractivity contribution in [2.45, 2.75) is 13.5 Å². The quantitative estimate of drug-likeness (QED) is 0.798. The third-order valence-corrected chi connectivity index (χ3v) is 4.82. The lowest BCUT2D eigenvalue weighted by Crippen LogP contribution is -2.49. The molecule has 0 atom stereocenters. The van der Waals surface area contributed by atoms with Gasteiger partial charge in [-0.1, -0.05) is 30.3 Å². The van der Waals surface area contributed by atoms with E-state index in [1.807, 2.05) is 59.5 Å². The predicted molar refractivity (Wildman–Crippen MR) is 108 cm³/mol.